The maximum Gasteiger partial charge on any atom is 0.200 e. The van der Waals surface area contributed by atoms with Gasteiger partial charge < -0.3 is 14.6 Å². The van der Waals surface area contributed by atoms with Crippen molar-refractivity contribution in [2.75, 3.05) is 14.2 Å². The summed E-state index contributed by atoms with van der Waals surface area (Å²) in [5.74, 6) is 2.12. The molecule has 1 heterocycles. The molecule has 7 heteroatoms. The van der Waals surface area contributed by atoms with Gasteiger partial charge in [0.15, 0.2) is 10.6 Å². The maximum absolute atomic E-state index is 10.2. The number of aryl methyl sites for hydroxylation is 1. The number of phenolic OH excluding ortho intramolecular Hbond substituents is 1. The van der Waals surface area contributed by atoms with E-state index in [2.05, 4.69) is 10.2 Å². The standard InChI is InChI=1S/C22H21N3O3S/c1-4-13-11-16(20(28-3)12-18(13)26)21-23-24-22(29)25(21)17-9-10-19(27-2)15-8-6-5-7-14(15)17/h5-12,26H,4H2,1-3H3,(H,24,29). The lowest BCUT2D eigenvalue weighted by molar-refractivity contribution is 0.407. The second-order valence-corrected chi connectivity index (χ2v) is 6.94. The first-order valence-electron chi connectivity index (χ1n) is 9.22. The van der Waals surface area contributed by atoms with E-state index in [0.29, 0.717) is 22.8 Å². The zero-order chi connectivity index (χ0) is 20.5. The van der Waals surface area contributed by atoms with Crippen molar-refractivity contribution in [2.45, 2.75) is 13.3 Å². The summed E-state index contributed by atoms with van der Waals surface area (Å²) in [6.07, 6.45) is 0.680. The molecule has 6 nitrogen and oxygen atoms in total. The molecule has 0 radical (unpaired) electrons. The average molecular weight is 407 g/mol. The lowest BCUT2D eigenvalue weighted by Crippen LogP contribution is -2.01. The number of H-pyrrole nitrogens is 1. The third-order valence-corrected chi connectivity index (χ3v) is 5.29. The van der Waals surface area contributed by atoms with E-state index in [1.54, 1.807) is 20.3 Å². The number of nitrogens with zero attached hydrogens (tertiary/aromatic N) is 2. The smallest absolute Gasteiger partial charge is 0.200 e. The zero-order valence-corrected chi connectivity index (χ0v) is 17.2. The normalized spacial score (nSPS) is 11.0. The Morgan fingerprint density at radius 1 is 1.03 bits per heavy atom. The van der Waals surface area contributed by atoms with Gasteiger partial charge in [-0.15, -0.1) is 0 Å². The monoisotopic (exact) mass is 407 g/mol. The molecule has 2 N–H and O–H groups in total. The Hall–Kier alpha value is -3.32. The number of phenols is 1. The summed E-state index contributed by atoms with van der Waals surface area (Å²) in [4.78, 5) is 0. The lowest BCUT2D eigenvalue weighted by Gasteiger charge is -2.15. The molecule has 4 rings (SSSR count). The van der Waals surface area contributed by atoms with Gasteiger partial charge in [0, 0.05) is 16.8 Å². The van der Waals surface area contributed by atoms with E-state index in [4.69, 9.17) is 21.7 Å². The van der Waals surface area contributed by atoms with Gasteiger partial charge in [-0.3, -0.25) is 9.67 Å². The van der Waals surface area contributed by atoms with Crippen molar-refractivity contribution in [3.05, 3.63) is 58.9 Å². The number of hydrogen-bond acceptors (Lipinski definition) is 5. The van der Waals surface area contributed by atoms with E-state index < -0.39 is 0 Å². The highest BCUT2D eigenvalue weighted by molar-refractivity contribution is 7.71. The van der Waals surface area contributed by atoms with Crippen LogP contribution in [0.5, 0.6) is 17.2 Å². The van der Waals surface area contributed by atoms with E-state index in [1.807, 2.05) is 54.0 Å². The van der Waals surface area contributed by atoms with Crippen molar-refractivity contribution >= 4 is 23.0 Å². The SMILES string of the molecule is CCc1cc(-c2n[nH]c(=S)n2-c2ccc(OC)c3ccccc23)c(OC)cc1O. The summed E-state index contributed by atoms with van der Waals surface area (Å²) in [6, 6.07) is 15.4. The largest absolute Gasteiger partial charge is 0.508 e. The van der Waals surface area contributed by atoms with Gasteiger partial charge in [-0.1, -0.05) is 31.2 Å². The quantitative estimate of drug-likeness (QED) is 0.454. The molecule has 1 aromatic heterocycles. The van der Waals surface area contributed by atoms with E-state index in [1.165, 1.54) is 0 Å². The van der Waals surface area contributed by atoms with Crippen LogP contribution in [0.3, 0.4) is 0 Å². The lowest BCUT2D eigenvalue weighted by atomic mass is 10.0. The van der Waals surface area contributed by atoms with Crippen molar-refractivity contribution in [1.82, 2.24) is 14.8 Å². The second kappa shape index (κ2) is 7.60. The molecule has 0 fully saturated rings. The van der Waals surface area contributed by atoms with Crippen LogP contribution >= 0.6 is 12.2 Å². The molecule has 0 aliphatic heterocycles. The van der Waals surface area contributed by atoms with Gasteiger partial charge in [0.2, 0.25) is 0 Å². The molecule has 3 aromatic carbocycles. The molecular formula is C22H21N3O3S. The minimum Gasteiger partial charge on any atom is -0.508 e. The third-order valence-electron chi connectivity index (χ3n) is 5.02. The van der Waals surface area contributed by atoms with Crippen LogP contribution in [0.4, 0.5) is 0 Å². The molecule has 0 unspecified atom stereocenters. The maximum atomic E-state index is 10.2. The van der Waals surface area contributed by atoms with Gasteiger partial charge in [-0.25, -0.2) is 0 Å². The highest BCUT2D eigenvalue weighted by Crippen LogP contribution is 2.38. The number of nitrogens with one attached hydrogen (secondary N) is 1. The predicted octanol–water partition coefficient (Wildman–Crippen LogP) is 5.04. The summed E-state index contributed by atoms with van der Waals surface area (Å²) in [5.41, 5.74) is 2.43. The number of benzene rings is 3. The van der Waals surface area contributed by atoms with Gasteiger partial charge in [0.25, 0.3) is 0 Å². The van der Waals surface area contributed by atoms with Crippen LogP contribution in [0, 0.1) is 4.77 Å². The molecule has 0 saturated heterocycles. The minimum absolute atomic E-state index is 0.198. The summed E-state index contributed by atoms with van der Waals surface area (Å²) in [6.45, 7) is 1.99. The molecule has 0 spiro atoms. The number of aromatic hydroxyl groups is 1. The Labute approximate surface area is 173 Å². The van der Waals surface area contributed by atoms with Crippen LogP contribution in [0.1, 0.15) is 12.5 Å². The average Bonchev–Trinajstić information content (AvgIpc) is 3.13. The highest BCUT2D eigenvalue weighted by Gasteiger charge is 2.19. The Morgan fingerprint density at radius 3 is 2.45 bits per heavy atom. The van der Waals surface area contributed by atoms with Crippen LogP contribution < -0.4 is 9.47 Å². The van der Waals surface area contributed by atoms with Crippen LogP contribution in [-0.4, -0.2) is 34.1 Å². The van der Waals surface area contributed by atoms with Crippen molar-refractivity contribution < 1.29 is 14.6 Å². The number of hydrogen-bond donors (Lipinski definition) is 2. The van der Waals surface area contributed by atoms with Crippen LogP contribution in [-0.2, 0) is 6.42 Å². The summed E-state index contributed by atoms with van der Waals surface area (Å²) >= 11 is 5.57. The molecule has 4 aromatic rings. The summed E-state index contributed by atoms with van der Waals surface area (Å²) in [5, 5.41) is 19.6. The zero-order valence-electron chi connectivity index (χ0n) is 16.4. The number of aromatic amines is 1. The van der Waals surface area contributed by atoms with E-state index in [0.717, 1.165) is 33.3 Å². The Balaban J connectivity index is 2.03. The molecule has 0 aliphatic rings. The van der Waals surface area contributed by atoms with Gasteiger partial charge in [-0.05, 0) is 42.4 Å². The van der Waals surface area contributed by atoms with Crippen LogP contribution in [0.25, 0.3) is 27.8 Å². The van der Waals surface area contributed by atoms with Crippen molar-refractivity contribution in [3.63, 3.8) is 0 Å². The number of methoxy groups -OCH3 is 2. The van der Waals surface area contributed by atoms with Crippen molar-refractivity contribution in [1.29, 1.82) is 0 Å². The van der Waals surface area contributed by atoms with Gasteiger partial charge in [-0.2, -0.15) is 5.10 Å². The first kappa shape index (κ1) is 19.0. The van der Waals surface area contributed by atoms with Crippen LogP contribution in [0.2, 0.25) is 0 Å². The molecule has 0 saturated carbocycles. The molecule has 29 heavy (non-hydrogen) atoms. The molecule has 0 aliphatic carbocycles. The van der Waals surface area contributed by atoms with Crippen molar-refractivity contribution in [3.8, 4) is 34.3 Å². The number of ether oxygens (including phenoxy) is 2. The van der Waals surface area contributed by atoms with E-state index in [9.17, 15) is 5.11 Å². The number of aromatic nitrogens is 3. The summed E-state index contributed by atoms with van der Waals surface area (Å²) < 4.78 is 13.4. The molecular weight excluding hydrogens is 386 g/mol. The molecule has 0 atom stereocenters. The third kappa shape index (κ3) is 3.13. The Morgan fingerprint density at radius 2 is 1.76 bits per heavy atom. The Kier molecular flexibility index (Phi) is 4.98. The summed E-state index contributed by atoms with van der Waals surface area (Å²) in [7, 11) is 3.22. The van der Waals surface area contributed by atoms with Crippen molar-refractivity contribution in [2.24, 2.45) is 0 Å². The predicted molar refractivity (Wildman–Crippen MR) is 116 cm³/mol. The molecule has 148 valence electrons. The van der Waals surface area contributed by atoms with E-state index >= 15 is 0 Å². The minimum atomic E-state index is 0.198. The first-order chi connectivity index (χ1) is 14.1. The second-order valence-electron chi connectivity index (χ2n) is 6.56. The fourth-order valence-electron chi connectivity index (χ4n) is 3.57. The Bertz CT molecular complexity index is 1260. The first-order valence-corrected chi connectivity index (χ1v) is 9.63. The van der Waals surface area contributed by atoms with Gasteiger partial charge in [0.1, 0.15) is 17.2 Å². The number of fused-ring (bicyclic) bond motifs is 1. The fraction of sp³-hybridized carbons (Fsp3) is 0.182. The van der Waals surface area contributed by atoms with Gasteiger partial charge in [0.05, 0.1) is 25.5 Å². The van der Waals surface area contributed by atoms with Crippen LogP contribution in [0.15, 0.2) is 48.5 Å². The molecule has 0 bridgehead atoms. The molecule has 0 amide bonds. The topological polar surface area (TPSA) is 72.3 Å². The highest BCUT2D eigenvalue weighted by atomic mass is 32.1. The van der Waals surface area contributed by atoms with E-state index in [-0.39, 0.29) is 5.75 Å². The fourth-order valence-corrected chi connectivity index (χ4v) is 3.80. The number of rotatable bonds is 5. The van der Waals surface area contributed by atoms with Gasteiger partial charge >= 0.3 is 0 Å².